The maximum absolute atomic E-state index is 5.71. The number of aromatic nitrogens is 1. The first kappa shape index (κ1) is 27.2. The van der Waals surface area contributed by atoms with E-state index >= 15 is 0 Å². The zero-order valence-electron chi connectivity index (χ0n) is 26.7. The van der Waals surface area contributed by atoms with E-state index in [1.165, 1.54) is 82.1 Å². The minimum atomic E-state index is -0.0835. The molecule has 7 aromatic rings. The summed E-state index contributed by atoms with van der Waals surface area (Å²) in [5.74, 6) is 0. The van der Waals surface area contributed by atoms with Crippen LogP contribution in [0.25, 0.3) is 54.7 Å². The number of aliphatic imine (C=N–C) groups is 1. The molecule has 3 heteroatoms. The fraction of sp³-hybridized carbons (Fsp3) is 0.159. The average Bonchev–Trinajstić information content (AvgIpc) is 3.68. The van der Waals surface area contributed by atoms with Gasteiger partial charge in [0.15, 0.2) is 0 Å². The number of thiophene rings is 1. The van der Waals surface area contributed by atoms with Gasteiger partial charge in [-0.3, -0.25) is 0 Å². The highest BCUT2D eigenvalue weighted by Gasteiger charge is 2.36. The molecule has 226 valence electrons. The van der Waals surface area contributed by atoms with Crippen molar-refractivity contribution in [2.75, 3.05) is 0 Å². The molecule has 0 fully saturated rings. The molecule has 0 unspecified atom stereocenters. The lowest BCUT2D eigenvalue weighted by molar-refractivity contribution is 0.660. The van der Waals surface area contributed by atoms with E-state index in [0.29, 0.717) is 0 Å². The van der Waals surface area contributed by atoms with E-state index in [0.717, 1.165) is 36.4 Å². The van der Waals surface area contributed by atoms with E-state index in [2.05, 4.69) is 140 Å². The zero-order valence-corrected chi connectivity index (χ0v) is 27.5. The predicted molar refractivity (Wildman–Crippen MR) is 201 cm³/mol. The Labute approximate surface area is 279 Å². The Kier molecular flexibility index (Phi) is 5.78. The van der Waals surface area contributed by atoms with Gasteiger partial charge in [0.2, 0.25) is 0 Å². The van der Waals surface area contributed by atoms with Crippen LogP contribution in [0, 0.1) is 0 Å². The minimum Gasteiger partial charge on any atom is -0.311 e. The maximum atomic E-state index is 5.71. The number of hydrogen-bond acceptors (Lipinski definition) is 2. The van der Waals surface area contributed by atoms with Gasteiger partial charge in [0.1, 0.15) is 5.00 Å². The number of benzene rings is 5. The molecule has 0 radical (unpaired) electrons. The van der Waals surface area contributed by atoms with Crippen molar-refractivity contribution in [2.24, 2.45) is 4.99 Å². The van der Waals surface area contributed by atoms with E-state index in [-0.39, 0.29) is 5.41 Å². The number of allylic oxidation sites excluding steroid dienone is 3. The third kappa shape index (κ3) is 3.93. The van der Waals surface area contributed by atoms with Crippen molar-refractivity contribution in [3.8, 4) is 11.1 Å². The Hall–Kier alpha value is -4.99. The van der Waals surface area contributed by atoms with Gasteiger partial charge in [-0.2, -0.15) is 0 Å². The molecule has 1 aliphatic heterocycles. The van der Waals surface area contributed by atoms with Crippen LogP contribution < -0.4 is 0 Å². The lowest BCUT2D eigenvalue weighted by atomic mass is 9.81. The molecule has 0 saturated heterocycles. The van der Waals surface area contributed by atoms with Crippen LogP contribution in [0.4, 0.5) is 5.00 Å². The van der Waals surface area contributed by atoms with Crippen molar-refractivity contribution >= 4 is 65.6 Å². The molecule has 3 heterocycles. The highest BCUT2D eigenvalue weighted by Crippen LogP contribution is 2.49. The van der Waals surface area contributed by atoms with Crippen molar-refractivity contribution in [1.29, 1.82) is 0 Å². The van der Waals surface area contributed by atoms with Crippen LogP contribution in [-0.2, 0) is 18.3 Å². The van der Waals surface area contributed by atoms with Gasteiger partial charge in [0.05, 0.1) is 16.9 Å². The van der Waals surface area contributed by atoms with Gasteiger partial charge in [-0.1, -0.05) is 111 Å². The predicted octanol–water partition coefficient (Wildman–Crippen LogP) is 11.9. The molecular weight excluding hydrogens is 589 g/mol. The Morgan fingerprint density at radius 2 is 1.51 bits per heavy atom. The number of nitrogens with zero attached hydrogens (tertiary/aromatic N) is 2. The van der Waals surface area contributed by atoms with Gasteiger partial charge < -0.3 is 4.57 Å². The lowest BCUT2D eigenvalue weighted by Crippen LogP contribution is -2.18. The van der Waals surface area contributed by atoms with Crippen LogP contribution in [0.15, 0.2) is 120 Å². The van der Waals surface area contributed by atoms with Crippen molar-refractivity contribution < 1.29 is 0 Å². The summed E-state index contributed by atoms with van der Waals surface area (Å²) in [4.78, 5) is 5.71. The van der Waals surface area contributed by atoms with Gasteiger partial charge >= 0.3 is 0 Å². The monoisotopic (exact) mass is 622 g/mol. The molecule has 2 aliphatic carbocycles. The first-order valence-electron chi connectivity index (χ1n) is 16.8. The van der Waals surface area contributed by atoms with E-state index in [1.807, 2.05) is 11.3 Å². The summed E-state index contributed by atoms with van der Waals surface area (Å²) in [5, 5.41) is 6.37. The van der Waals surface area contributed by atoms with E-state index in [4.69, 9.17) is 4.99 Å². The fourth-order valence-electron chi connectivity index (χ4n) is 8.47. The standard InChI is InChI=1S/C44H34N2S/c1-44(2)36-18-8-5-14-30(36)31-23-22-29(25-37(31)44)42-39(20-11-17-34-33-16-7-10-21-41(33)47-43(34)45-42)46-38-19-9-6-15-32(38)35-24-27-12-3-4-13-28(27)26-40(35)46/h3-8,10,12-16,18,20-26H,9,11,17,19H2,1-2H3. The molecule has 5 aromatic carbocycles. The Morgan fingerprint density at radius 1 is 0.723 bits per heavy atom. The molecule has 0 N–H and O–H groups in total. The van der Waals surface area contributed by atoms with E-state index in [9.17, 15) is 0 Å². The van der Waals surface area contributed by atoms with Crippen LogP contribution in [0.5, 0.6) is 0 Å². The summed E-state index contributed by atoms with van der Waals surface area (Å²) < 4.78 is 3.89. The normalized spacial score (nSPS) is 16.3. The number of fused-ring (bicyclic) bond motifs is 10. The molecule has 10 rings (SSSR count). The molecule has 0 amide bonds. The quantitative estimate of drug-likeness (QED) is 0.183. The highest BCUT2D eigenvalue weighted by molar-refractivity contribution is 7.22. The molecular formula is C44H34N2S. The van der Waals surface area contributed by atoms with Crippen molar-refractivity contribution in [2.45, 2.75) is 44.9 Å². The van der Waals surface area contributed by atoms with Crippen molar-refractivity contribution in [1.82, 2.24) is 4.57 Å². The number of aryl methyl sites for hydroxylation is 1. The first-order chi connectivity index (χ1) is 23.1. The van der Waals surface area contributed by atoms with Crippen LogP contribution in [0.1, 0.15) is 60.2 Å². The first-order valence-corrected chi connectivity index (χ1v) is 17.7. The molecule has 2 aromatic heterocycles. The van der Waals surface area contributed by atoms with Crippen LogP contribution in [-0.4, -0.2) is 10.3 Å². The van der Waals surface area contributed by atoms with Gasteiger partial charge in [-0.05, 0) is 93.9 Å². The largest absolute Gasteiger partial charge is 0.311 e. The second-order valence-corrected chi connectivity index (χ2v) is 14.8. The van der Waals surface area contributed by atoms with Crippen LogP contribution >= 0.6 is 11.3 Å². The summed E-state index contributed by atoms with van der Waals surface area (Å²) in [6.07, 6.45) is 11.2. The molecule has 0 saturated carbocycles. The maximum Gasteiger partial charge on any atom is 0.121 e. The average molecular weight is 623 g/mol. The van der Waals surface area contributed by atoms with Gasteiger partial charge in [0.25, 0.3) is 0 Å². The Bertz CT molecular complexity index is 2550. The molecule has 0 atom stereocenters. The summed E-state index contributed by atoms with van der Waals surface area (Å²) in [5.41, 5.74) is 14.2. The second-order valence-electron chi connectivity index (χ2n) is 13.8. The van der Waals surface area contributed by atoms with Gasteiger partial charge in [-0.15, -0.1) is 11.3 Å². The fourth-order valence-corrected chi connectivity index (χ4v) is 9.60. The number of hydrogen-bond donors (Lipinski definition) is 0. The zero-order chi connectivity index (χ0) is 31.3. The third-order valence-corrected chi connectivity index (χ3v) is 11.9. The Morgan fingerprint density at radius 3 is 2.43 bits per heavy atom. The van der Waals surface area contributed by atoms with Gasteiger partial charge in [-0.25, -0.2) is 4.99 Å². The SMILES string of the molecule is CC1(C)c2ccccc2-c2ccc(C3=Nc4sc5ccccc5c4CCC=C3n3c4c(c5cc6ccccc6cc53)C=CCC4)cc21. The van der Waals surface area contributed by atoms with Gasteiger partial charge in [0, 0.05) is 32.3 Å². The molecule has 0 bridgehead atoms. The summed E-state index contributed by atoms with van der Waals surface area (Å²) in [6, 6.07) is 38.4. The second kappa shape index (κ2) is 10.0. The lowest BCUT2D eigenvalue weighted by Gasteiger charge is -2.24. The van der Waals surface area contributed by atoms with E-state index < -0.39 is 0 Å². The topological polar surface area (TPSA) is 17.3 Å². The summed E-state index contributed by atoms with van der Waals surface area (Å²) in [6.45, 7) is 4.74. The van der Waals surface area contributed by atoms with Crippen LogP contribution in [0.2, 0.25) is 0 Å². The minimum absolute atomic E-state index is 0.0835. The number of rotatable bonds is 2. The summed E-state index contributed by atoms with van der Waals surface area (Å²) >= 11 is 1.83. The summed E-state index contributed by atoms with van der Waals surface area (Å²) in [7, 11) is 0. The third-order valence-electron chi connectivity index (χ3n) is 10.8. The Balaban J connectivity index is 1.26. The van der Waals surface area contributed by atoms with Crippen molar-refractivity contribution in [3.63, 3.8) is 0 Å². The highest BCUT2D eigenvalue weighted by atomic mass is 32.1. The van der Waals surface area contributed by atoms with E-state index in [1.54, 1.807) is 0 Å². The van der Waals surface area contributed by atoms with Crippen LogP contribution in [0.3, 0.4) is 0 Å². The smallest absolute Gasteiger partial charge is 0.121 e. The molecule has 0 spiro atoms. The molecule has 2 nitrogen and oxygen atoms in total. The molecule has 47 heavy (non-hydrogen) atoms. The van der Waals surface area contributed by atoms with Crippen molar-refractivity contribution in [3.05, 3.63) is 149 Å². The molecule has 3 aliphatic rings.